The molecule has 6 nitrogen and oxygen atoms in total. The molecular formula is C15H17N3O3S2. The lowest BCUT2D eigenvalue weighted by atomic mass is 10.2. The van der Waals surface area contributed by atoms with Crippen molar-refractivity contribution in [2.45, 2.75) is 10.9 Å². The number of likely N-dealkylation sites (N-methyl/N-ethyl adjacent to an activating group) is 1. The molecule has 23 heavy (non-hydrogen) atoms. The summed E-state index contributed by atoms with van der Waals surface area (Å²) in [5.41, 5.74) is 1.46. The minimum Gasteiger partial charge on any atom is -0.502 e. The number of rotatable bonds is 7. The second-order valence-electron chi connectivity index (χ2n) is 4.42. The van der Waals surface area contributed by atoms with Gasteiger partial charge < -0.3 is 14.4 Å². The minimum absolute atomic E-state index is 0.255. The zero-order valence-corrected chi connectivity index (χ0v) is 14.7. The molecule has 122 valence electrons. The van der Waals surface area contributed by atoms with E-state index >= 15 is 0 Å². The van der Waals surface area contributed by atoms with Crippen LogP contribution in [0.25, 0.3) is 0 Å². The first kappa shape index (κ1) is 17.3. The van der Waals surface area contributed by atoms with E-state index in [1.807, 2.05) is 18.2 Å². The number of aromatic nitrogens is 2. The zero-order valence-electron chi connectivity index (χ0n) is 13.1. The third kappa shape index (κ3) is 4.70. The molecule has 0 unspecified atom stereocenters. The number of carbonyl (C=O) groups is 1. The van der Waals surface area contributed by atoms with E-state index in [2.05, 4.69) is 21.5 Å². The van der Waals surface area contributed by atoms with E-state index in [0.29, 0.717) is 10.3 Å². The Morgan fingerprint density at radius 3 is 2.74 bits per heavy atom. The number of carbonyl (C=O) groups excluding carboxylic acids is 1. The second-order valence-corrected chi connectivity index (χ2v) is 6.10. The minimum atomic E-state index is -0.497. The van der Waals surface area contributed by atoms with E-state index in [-0.39, 0.29) is 5.70 Å². The van der Waals surface area contributed by atoms with E-state index in [1.54, 1.807) is 23.7 Å². The van der Waals surface area contributed by atoms with Gasteiger partial charge in [0.05, 0.1) is 14.2 Å². The lowest BCUT2D eigenvalue weighted by molar-refractivity contribution is -0.136. The van der Waals surface area contributed by atoms with Gasteiger partial charge in [-0.3, -0.25) is 0 Å². The molecule has 0 N–H and O–H groups in total. The lowest BCUT2D eigenvalue weighted by Crippen LogP contribution is -2.24. The molecule has 0 atom stereocenters. The summed E-state index contributed by atoms with van der Waals surface area (Å²) in [7, 11) is 4.51. The predicted octanol–water partition coefficient (Wildman–Crippen LogP) is 2.93. The molecule has 0 radical (unpaired) electrons. The number of nitrogens with zero attached hydrogens (tertiary/aromatic N) is 3. The van der Waals surface area contributed by atoms with Crippen LogP contribution in [0.4, 0.5) is 5.13 Å². The average molecular weight is 351 g/mol. The van der Waals surface area contributed by atoms with Gasteiger partial charge in [-0.2, -0.15) is 9.36 Å². The highest BCUT2D eigenvalue weighted by Gasteiger charge is 2.20. The maximum absolute atomic E-state index is 11.8. The van der Waals surface area contributed by atoms with Crippen molar-refractivity contribution in [1.29, 1.82) is 0 Å². The summed E-state index contributed by atoms with van der Waals surface area (Å²) in [6, 6.07) is 10.1. The van der Waals surface area contributed by atoms with Crippen LogP contribution in [0, 0.1) is 0 Å². The van der Waals surface area contributed by atoms with Gasteiger partial charge >= 0.3 is 5.97 Å². The third-order valence-corrected chi connectivity index (χ3v) is 4.71. The first-order chi connectivity index (χ1) is 11.2. The summed E-state index contributed by atoms with van der Waals surface area (Å²) in [4.78, 5) is 17.8. The molecule has 1 aromatic heterocycles. The normalized spacial score (nSPS) is 11.2. The number of ether oxygens (including phenoxy) is 2. The van der Waals surface area contributed by atoms with Crippen LogP contribution < -0.4 is 4.90 Å². The molecule has 1 aromatic carbocycles. The van der Waals surface area contributed by atoms with Crippen LogP contribution >= 0.6 is 23.3 Å². The van der Waals surface area contributed by atoms with Crippen LogP contribution in [0.2, 0.25) is 0 Å². The van der Waals surface area contributed by atoms with Gasteiger partial charge in [0.1, 0.15) is 6.26 Å². The van der Waals surface area contributed by atoms with Gasteiger partial charge in [-0.05, 0) is 5.56 Å². The van der Waals surface area contributed by atoms with Gasteiger partial charge in [0, 0.05) is 24.3 Å². The number of hydrogen-bond donors (Lipinski definition) is 0. The largest absolute Gasteiger partial charge is 0.502 e. The Morgan fingerprint density at radius 1 is 1.35 bits per heavy atom. The lowest BCUT2D eigenvalue weighted by Gasteiger charge is -2.16. The Morgan fingerprint density at radius 2 is 2.09 bits per heavy atom. The molecular weight excluding hydrogens is 334 g/mol. The summed E-state index contributed by atoms with van der Waals surface area (Å²) < 4.78 is 14.0. The van der Waals surface area contributed by atoms with Crippen molar-refractivity contribution in [2.75, 3.05) is 26.2 Å². The van der Waals surface area contributed by atoms with Crippen LogP contribution in [0.5, 0.6) is 0 Å². The molecule has 0 bridgehead atoms. The van der Waals surface area contributed by atoms with E-state index < -0.39 is 5.97 Å². The molecule has 0 amide bonds. The highest BCUT2D eigenvalue weighted by atomic mass is 32.2. The highest BCUT2D eigenvalue weighted by Crippen LogP contribution is 2.27. The summed E-state index contributed by atoms with van der Waals surface area (Å²) in [6.07, 6.45) is 1.32. The number of thioether (sulfide) groups is 1. The topological polar surface area (TPSA) is 64.6 Å². The number of methoxy groups -OCH3 is 2. The fourth-order valence-electron chi connectivity index (χ4n) is 1.70. The van der Waals surface area contributed by atoms with Crippen molar-refractivity contribution in [1.82, 2.24) is 9.36 Å². The first-order valence-electron chi connectivity index (χ1n) is 6.71. The van der Waals surface area contributed by atoms with Gasteiger partial charge in [-0.15, -0.1) is 0 Å². The number of anilines is 1. The van der Waals surface area contributed by atoms with Gasteiger partial charge in [0.2, 0.25) is 10.3 Å². The highest BCUT2D eigenvalue weighted by molar-refractivity contribution is 7.98. The molecule has 0 aliphatic rings. The van der Waals surface area contributed by atoms with Crippen LogP contribution in [-0.4, -0.2) is 36.6 Å². The van der Waals surface area contributed by atoms with Gasteiger partial charge in [-0.1, -0.05) is 42.1 Å². The maximum atomic E-state index is 11.8. The monoisotopic (exact) mass is 351 g/mol. The van der Waals surface area contributed by atoms with Crippen molar-refractivity contribution < 1.29 is 14.3 Å². The smallest absolute Gasteiger partial charge is 0.357 e. The maximum Gasteiger partial charge on any atom is 0.357 e. The fraction of sp³-hybridized carbons (Fsp3) is 0.267. The van der Waals surface area contributed by atoms with Crippen LogP contribution in [-0.2, 0) is 20.0 Å². The molecule has 2 rings (SSSR count). The molecule has 0 aliphatic carbocycles. The standard InChI is InChI=1S/C15H17N3O3S2/c1-18(12(9-20-2)13(19)21-3)15-16-14(17-23-15)22-10-11-7-5-4-6-8-11/h4-9H,10H2,1-3H3. The summed E-state index contributed by atoms with van der Waals surface area (Å²) in [5.74, 6) is 0.293. The molecule has 1 heterocycles. The average Bonchev–Trinajstić information content (AvgIpc) is 3.06. The van der Waals surface area contributed by atoms with Crippen molar-refractivity contribution in [3.05, 3.63) is 47.9 Å². The van der Waals surface area contributed by atoms with Gasteiger partial charge in [-0.25, -0.2) is 4.79 Å². The Balaban J connectivity index is 2.05. The zero-order chi connectivity index (χ0) is 16.7. The van der Waals surface area contributed by atoms with E-state index in [1.165, 1.54) is 37.6 Å². The Bertz CT molecular complexity index is 674. The molecule has 2 aromatic rings. The number of hydrogen-bond acceptors (Lipinski definition) is 8. The summed E-state index contributed by atoms with van der Waals surface area (Å²) in [5, 5.41) is 1.26. The van der Waals surface area contributed by atoms with Crippen molar-refractivity contribution in [3.8, 4) is 0 Å². The predicted molar refractivity (Wildman–Crippen MR) is 91.4 cm³/mol. The van der Waals surface area contributed by atoms with E-state index in [0.717, 1.165) is 5.75 Å². The Hall–Kier alpha value is -2.06. The second kappa shape index (κ2) is 8.54. The Kier molecular flexibility index (Phi) is 6.42. The molecule has 8 heteroatoms. The SMILES string of the molecule is COC=C(C(=O)OC)N(C)c1nc(SCc2ccccc2)ns1. The number of benzene rings is 1. The molecule has 0 aliphatic heterocycles. The number of esters is 1. The summed E-state index contributed by atoms with van der Waals surface area (Å²) >= 11 is 2.76. The Labute approximate surface area is 143 Å². The molecule has 0 saturated heterocycles. The van der Waals surface area contributed by atoms with Gasteiger partial charge in [0.25, 0.3) is 0 Å². The van der Waals surface area contributed by atoms with Crippen molar-refractivity contribution in [3.63, 3.8) is 0 Å². The molecule has 0 saturated carbocycles. The summed E-state index contributed by atoms with van der Waals surface area (Å²) in [6.45, 7) is 0. The van der Waals surface area contributed by atoms with E-state index in [4.69, 9.17) is 9.47 Å². The quantitative estimate of drug-likeness (QED) is 0.329. The third-order valence-electron chi connectivity index (χ3n) is 2.88. The van der Waals surface area contributed by atoms with Gasteiger partial charge in [0.15, 0.2) is 5.70 Å². The van der Waals surface area contributed by atoms with Crippen LogP contribution in [0.3, 0.4) is 0 Å². The first-order valence-corrected chi connectivity index (χ1v) is 8.47. The van der Waals surface area contributed by atoms with E-state index in [9.17, 15) is 4.79 Å². The van der Waals surface area contributed by atoms with Crippen molar-refractivity contribution >= 4 is 34.4 Å². The fourth-order valence-corrected chi connectivity index (χ4v) is 3.27. The van der Waals surface area contributed by atoms with Crippen LogP contribution in [0.1, 0.15) is 5.56 Å². The molecule has 0 spiro atoms. The van der Waals surface area contributed by atoms with Crippen molar-refractivity contribution in [2.24, 2.45) is 0 Å². The van der Waals surface area contributed by atoms with Crippen LogP contribution in [0.15, 0.2) is 47.4 Å². The molecule has 0 fully saturated rings.